The average Bonchev–Trinajstić information content (AvgIpc) is 3.26. The van der Waals surface area contributed by atoms with E-state index in [-0.39, 0.29) is 35.8 Å². The van der Waals surface area contributed by atoms with Crippen LogP contribution in [0.2, 0.25) is 5.02 Å². The van der Waals surface area contributed by atoms with Gasteiger partial charge in [0.25, 0.3) is 17.1 Å². The van der Waals surface area contributed by atoms with Gasteiger partial charge in [-0.1, -0.05) is 41.9 Å². The van der Waals surface area contributed by atoms with Crippen LogP contribution in [0.25, 0.3) is 17.0 Å². The Bertz CT molecular complexity index is 1140. The number of para-hydroxylation sites is 1. The number of carbonyl (C=O) groups excluding carboxylic acids is 3. The molecule has 4 rings (SSSR count). The highest BCUT2D eigenvalue weighted by molar-refractivity contribution is 8.18. The highest BCUT2D eigenvalue weighted by Crippen LogP contribution is 2.32. The van der Waals surface area contributed by atoms with Gasteiger partial charge in [-0.2, -0.15) is 5.10 Å². The summed E-state index contributed by atoms with van der Waals surface area (Å²) in [4.78, 5) is 38.6. The van der Waals surface area contributed by atoms with Crippen molar-refractivity contribution in [1.29, 1.82) is 0 Å². The standard InChI is InChI=1S/C20H15ClN4O3S/c21-13-7-5-12(6-8-13)11-16-19(27)25(20(28)29-16)10-9-22-18(26)17-14-3-1-2-4-15(14)23-24-17/h1-8,11H,9-10H2,(H,22,26)(H,23,24)/b16-11-. The summed E-state index contributed by atoms with van der Waals surface area (Å²) in [5.41, 5.74) is 1.81. The number of thioether (sulfide) groups is 1. The van der Waals surface area contributed by atoms with Crippen molar-refractivity contribution in [1.82, 2.24) is 20.4 Å². The molecule has 2 aromatic carbocycles. The first-order chi connectivity index (χ1) is 14.0. The monoisotopic (exact) mass is 426 g/mol. The van der Waals surface area contributed by atoms with E-state index in [0.717, 1.165) is 27.7 Å². The number of halogens is 1. The molecule has 0 aliphatic carbocycles. The van der Waals surface area contributed by atoms with E-state index < -0.39 is 0 Å². The smallest absolute Gasteiger partial charge is 0.293 e. The molecule has 146 valence electrons. The van der Waals surface area contributed by atoms with Crippen molar-refractivity contribution >= 4 is 57.4 Å². The molecule has 29 heavy (non-hydrogen) atoms. The number of hydrogen-bond acceptors (Lipinski definition) is 5. The average molecular weight is 427 g/mol. The summed E-state index contributed by atoms with van der Waals surface area (Å²) in [6.07, 6.45) is 1.65. The zero-order valence-electron chi connectivity index (χ0n) is 15.0. The molecule has 0 bridgehead atoms. The molecule has 2 N–H and O–H groups in total. The van der Waals surface area contributed by atoms with Gasteiger partial charge in [0.05, 0.1) is 10.4 Å². The lowest BCUT2D eigenvalue weighted by Crippen LogP contribution is -2.37. The number of carbonyl (C=O) groups is 3. The maximum atomic E-state index is 12.5. The summed E-state index contributed by atoms with van der Waals surface area (Å²) in [5.74, 6) is -0.749. The largest absolute Gasteiger partial charge is 0.349 e. The Morgan fingerprint density at radius 2 is 1.93 bits per heavy atom. The number of H-pyrrole nitrogens is 1. The lowest BCUT2D eigenvalue weighted by Gasteiger charge is -2.12. The van der Waals surface area contributed by atoms with Crippen LogP contribution in [0.4, 0.5) is 4.79 Å². The molecule has 1 aliphatic rings. The highest BCUT2D eigenvalue weighted by Gasteiger charge is 2.34. The van der Waals surface area contributed by atoms with Gasteiger partial charge in [0.1, 0.15) is 0 Å². The highest BCUT2D eigenvalue weighted by atomic mass is 35.5. The van der Waals surface area contributed by atoms with Crippen LogP contribution in [0.1, 0.15) is 16.1 Å². The molecule has 0 atom stereocenters. The fourth-order valence-corrected chi connectivity index (χ4v) is 3.90. The van der Waals surface area contributed by atoms with E-state index in [0.29, 0.717) is 15.3 Å². The second-order valence-corrected chi connectivity index (χ2v) is 7.69. The second-order valence-electron chi connectivity index (χ2n) is 6.26. The molecule has 3 amide bonds. The van der Waals surface area contributed by atoms with Gasteiger partial charge >= 0.3 is 0 Å². The summed E-state index contributed by atoms with van der Waals surface area (Å²) in [7, 11) is 0. The Morgan fingerprint density at radius 3 is 2.72 bits per heavy atom. The van der Waals surface area contributed by atoms with E-state index in [1.54, 1.807) is 36.4 Å². The Morgan fingerprint density at radius 1 is 1.17 bits per heavy atom. The molecule has 3 aromatic rings. The quantitative estimate of drug-likeness (QED) is 0.607. The molecule has 1 aromatic heterocycles. The minimum absolute atomic E-state index is 0.0801. The lowest BCUT2D eigenvalue weighted by molar-refractivity contribution is -0.122. The Balaban J connectivity index is 1.38. The van der Waals surface area contributed by atoms with E-state index in [2.05, 4.69) is 15.5 Å². The van der Waals surface area contributed by atoms with Crippen LogP contribution in [0.3, 0.4) is 0 Å². The summed E-state index contributed by atoms with van der Waals surface area (Å²) in [6, 6.07) is 14.3. The van der Waals surface area contributed by atoms with Gasteiger partial charge in [-0.15, -0.1) is 0 Å². The molecular weight excluding hydrogens is 412 g/mol. The van der Waals surface area contributed by atoms with Gasteiger partial charge < -0.3 is 5.32 Å². The summed E-state index contributed by atoms with van der Waals surface area (Å²) in [5, 5.41) is 10.5. The normalized spacial score (nSPS) is 15.5. The van der Waals surface area contributed by atoms with Crippen molar-refractivity contribution in [2.45, 2.75) is 0 Å². The van der Waals surface area contributed by atoms with Crippen molar-refractivity contribution in [2.24, 2.45) is 0 Å². The molecule has 0 radical (unpaired) electrons. The van der Waals surface area contributed by atoms with Crippen molar-refractivity contribution in [3.8, 4) is 0 Å². The van der Waals surface area contributed by atoms with E-state index in [9.17, 15) is 14.4 Å². The van der Waals surface area contributed by atoms with Gasteiger partial charge in [-0.3, -0.25) is 24.4 Å². The molecule has 1 fully saturated rings. The van der Waals surface area contributed by atoms with Crippen LogP contribution < -0.4 is 5.32 Å². The van der Waals surface area contributed by atoms with Crippen LogP contribution in [0, 0.1) is 0 Å². The molecule has 2 heterocycles. The molecule has 1 saturated heterocycles. The lowest BCUT2D eigenvalue weighted by atomic mass is 10.2. The number of fused-ring (bicyclic) bond motifs is 1. The third kappa shape index (κ3) is 4.03. The van der Waals surface area contributed by atoms with Crippen molar-refractivity contribution < 1.29 is 14.4 Å². The minimum atomic E-state index is -0.380. The van der Waals surface area contributed by atoms with E-state index in [1.165, 1.54) is 0 Å². The summed E-state index contributed by atoms with van der Waals surface area (Å²) in [6.45, 7) is 0.211. The second kappa shape index (κ2) is 8.10. The molecule has 7 nitrogen and oxygen atoms in total. The maximum Gasteiger partial charge on any atom is 0.293 e. The molecule has 0 unspecified atom stereocenters. The number of rotatable bonds is 5. The molecule has 1 aliphatic heterocycles. The Kier molecular flexibility index (Phi) is 5.37. The number of nitrogens with one attached hydrogen (secondary N) is 2. The zero-order chi connectivity index (χ0) is 20.4. The molecule has 0 saturated carbocycles. The predicted molar refractivity (Wildman–Crippen MR) is 113 cm³/mol. The van der Waals surface area contributed by atoms with E-state index >= 15 is 0 Å². The van der Waals surface area contributed by atoms with E-state index in [4.69, 9.17) is 11.6 Å². The summed E-state index contributed by atoms with van der Waals surface area (Å²) >= 11 is 6.73. The number of amides is 3. The van der Waals surface area contributed by atoms with Crippen LogP contribution >= 0.6 is 23.4 Å². The number of aromatic nitrogens is 2. The summed E-state index contributed by atoms with van der Waals surface area (Å²) < 4.78 is 0. The Hall–Kier alpha value is -3.10. The number of benzene rings is 2. The number of hydrogen-bond donors (Lipinski definition) is 2. The van der Waals surface area contributed by atoms with Crippen LogP contribution in [0.5, 0.6) is 0 Å². The fraction of sp³-hybridized carbons (Fsp3) is 0.100. The maximum absolute atomic E-state index is 12.5. The first-order valence-electron chi connectivity index (χ1n) is 8.75. The molecular formula is C20H15ClN4O3S. The third-order valence-electron chi connectivity index (χ3n) is 4.35. The van der Waals surface area contributed by atoms with Gasteiger partial charge in [-0.05, 0) is 41.6 Å². The number of aromatic amines is 1. The van der Waals surface area contributed by atoms with Gasteiger partial charge in [0.15, 0.2) is 5.69 Å². The van der Waals surface area contributed by atoms with Crippen molar-refractivity contribution in [3.05, 3.63) is 69.7 Å². The number of imide groups is 1. The van der Waals surface area contributed by atoms with Crippen molar-refractivity contribution in [2.75, 3.05) is 13.1 Å². The first-order valence-corrected chi connectivity index (χ1v) is 9.94. The number of nitrogens with zero attached hydrogens (tertiary/aromatic N) is 2. The van der Waals surface area contributed by atoms with Gasteiger partial charge in [0, 0.05) is 23.5 Å². The predicted octanol–water partition coefficient (Wildman–Crippen LogP) is 3.68. The van der Waals surface area contributed by atoms with Crippen LogP contribution in [-0.4, -0.2) is 45.2 Å². The molecule has 0 spiro atoms. The van der Waals surface area contributed by atoms with Crippen molar-refractivity contribution in [3.63, 3.8) is 0 Å². The van der Waals surface area contributed by atoms with Crippen LogP contribution in [-0.2, 0) is 4.79 Å². The third-order valence-corrected chi connectivity index (χ3v) is 5.51. The fourth-order valence-electron chi connectivity index (χ4n) is 2.90. The van der Waals surface area contributed by atoms with Gasteiger partial charge in [0.2, 0.25) is 0 Å². The topological polar surface area (TPSA) is 95.2 Å². The SMILES string of the molecule is O=C(NCCN1C(=O)S/C(=C\c2ccc(Cl)cc2)C1=O)c1n[nH]c2ccccc12. The van der Waals surface area contributed by atoms with Crippen LogP contribution in [0.15, 0.2) is 53.4 Å². The van der Waals surface area contributed by atoms with Gasteiger partial charge in [-0.25, -0.2) is 0 Å². The molecule has 9 heteroatoms. The minimum Gasteiger partial charge on any atom is -0.349 e. The Labute approximate surface area is 175 Å². The first kappa shape index (κ1) is 19.2. The van der Waals surface area contributed by atoms with E-state index in [1.807, 2.05) is 18.2 Å². The zero-order valence-corrected chi connectivity index (χ0v) is 16.6.